The van der Waals surface area contributed by atoms with Crippen LogP contribution in [0.1, 0.15) is 12.8 Å². The van der Waals surface area contributed by atoms with Crippen molar-refractivity contribution >= 4 is 27.5 Å². The summed E-state index contributed by atoms with van der Waals surface area (Å²) in [5, 5.41) is 2.81. The first-order valence-corrected chi connectivity index (χ1v) is 9.01. The molecule has 3 rings (SSSR count). The first kappa shape index (κ1) is 17.8. The molecule has 1 aliphatic heterocycles. The Labute approximate surface area is 155 Å². The van der Waals surface area contributed by atoms with Gasteiger partial charge in [0.25, 0.3) is 5.91 Å². The van der Waals surface area contributed by atoms with Gasteiger partial charge in [0.1, 0.15) is 18.1 Å². The molecule has 0 spiro atoms. The standard InChI is InChI=1S/C19H20BrNO4/c20-14-6-8-16(9-7-14)25-13-19(22)21-15-3-1-4-17(11-15)24-12-18-5-2-10-23-18/h1,3-4,6-9,11,18H,2,5,10,12-13H2,(H,21,22). The van der Waals surface area contributed by atoms with Crippen molar-refractivity contribution in [3.8, 4) is 11.5 Å². The van der Waals surface area contributed by atoms with Crippen LogP contribution in [-0.4, -0.2) is 31.8 Å². The van der Waals surface area contributed by atoms with E-state index in [1.165, 1.54) is 0 Å². The first-order valence-electron chi connectivity index (χ1n) is 8.22. The number of ether oxygens (including phenoxy) is 3. The van der Waals surface area contributed by atoms with Crippen LogP contribution >= 0.6 is 15.9 Å². The lowest BCUT2D eigenvalue weighted by Gasteiger charge is -2.13. The molecule has 1 amide bonds. The molecule has 2 aromatic carbocycles. The van der Waals surface area contributed by atoms with Gasteiger partial charge >= 0.3 is 0 Å². The first-order chi connectivity index (χ1) is 12.2. The van der Waals surface area contributed by atoms with Crippen LogP contribution in [0.4, 0.5) is 5.69 Å². The van der Waals surface area contributed by atoms with Gasteiger partial charge in [0.2, 0.25) is 0 Å². The number of carbonyl (C=O) groups is 1. The molecule has 25 heavy (non-hydrogen) atoms. The Bertz CT molecular complexity index is 699. The van der Waals surface area contributed by atoms with Crippen LogP contribution in [0.15, 0.2) is 53.0 Å². The summed E-state index contributed by atoms with van der Waals surface area (Å²) in [7, 11) is 0. The van der Waals surface area contributed by atoms with Gasteiger partial charge in [0.15, 0.2) is 6.61 Å². The number of nitrogens with one attached hydrogen (secondary N) is 1. The molecule has 1 unspecified atom stereocenters. The fourth-order valence-electron chi connectivity index (χ4n) is 2.51. The third-order valence-corrected chi connectivity index (χ3v) is 4.29. The second kappa shape index (κ2) is 8.87. The Hall–Kier alpha value is -2.05. The minimum absolute atomic E-state index is 0.0529. The predicted octanol–water partition coefficient (Wildman–Crippen LogP) is 4.02. The largest absolute Gasteiger partial charge is 0.491 e. The van der Waals surface area contributed by atoms with Gasteiger partial charge in [0.05, 0.1) is 6.10 Å². The zero-order chi connectivity index (χ0) is 17.5. The summed E-state index contributed by atoms with van der Waals surface area (Å²) < 4.78 is 17.7. The zero-order valence-electron chi connectivity index (χ0n) is 13.7. The third kappa shape index (κ3) is 5.76. The molecule has 0 aliphatic carbocycles. The van der Waals surface area contributed by atoms with E-state index >= 15 is 0 Å². The van der Waals surface area contributed by atoms with Gasteiger partial charge in [-0.15, -0.1) is 0 Å². The Balaban J connectivity index is 1.47. The quantitative estimate of drug-likeness (QED) is 0.755. The van der Waals surface area contributed by atoms with Crippen molar-refractivity contribution in [1.29, 1.82) is 0 Å². The Morgan fingerprint density at radius 3 is 2.76 bits per heavy atom. The minimum atomic E-state index is -0.223. The molecule has 1 N–H and O–H groups in total. The smallest absolute Gasteiger partial charge is 0.262 e. The number of rotatable bonds is 7. The van der Waals surface area contributed by atoms with Crippen LogP contribution in [0, 0.1) is 0 Å². The highest BCUT2D eigenvalue weighted by Crippen LogP contribution is 2.20. The summed E-state index contributed by atoms with van der Waals surface area (Å²) in [6, 6.07) is 14.7. The van der Waals surface area contributed by atoms with E-state index in [1.54, 1.807) is 18.2 Å². The minimum Gasteiger partial charge on any atom is -0.491 e. The number of anilines is 1. The Kier molecular flexibility index (Phi) is 6.30. The summed E-state index contributed by atoms with van der Waals surface area (Å²) in [4.78, 5) is 12.0. The predicted molar refractivity (Wildman–Crippen MR) is 99.2 cm³/mol. The maximum atomic E-state index is 12.0. The summed E-state index contributed by atoms with van der Waals surface area (Å²) in [6.45, 7) is 1.29. The van der Waals surface area contributed by atoms with Crippen molar-refractivity contribution in [1.82, 2.24) is 0 Å². The number of amides is 1. The van der Waals surface area contributed by atoms with Gasteiger partial charge in [-0.05, 0) is 49.2 Å². The molecule has 1 saturated heterocycles. The molecule has 0 bridgehead atoms. The molecular formula is C19H20BrNO4. The summed E-state index contributed by atoms with van der Waals surface area (Å²) >= 11 is 3.36. The van der Waals surface area contributed by atoms with E-state index in [0.29, 0.717) is 23.8 Å². The lowest BCUT2D eigenvalue weighted by atomic mass is 10.2. The van der Waals surface area contributed by atoms with Crippen molar-refractivity contribution in [2.45, 2.75) is 18.9 Å². The monoisotopic (exact) mass is 405 g/mol. The van der Waals surface area contributed by atoms with E-state index in [1.807, 2.05) is 30.3 Å². The molecule has 1 atom stereocenters. The molecule has 0 radical (unpaired) electrons. The van der Waals surface area contributed by atoms with E-state index in [2.05, 4.69) is 21.2 Å². The molecule has 5 nitrogen and oxygen atoms in total. The van der Waals surface area contributed by atoms with Crippen LogP contribution in [-0.2, 0) is 9.53 Å². The van der Waals surface area contributed by atoms with E-state index in [-0.39, 0.29) is 18.6 Å². The highest BCUT2D eigenvalue weighted by molar-refractivity contribution is 9.10. The van der Waals surface area contributed by atoms with Crippen molar-refractivity contribution < 1.29 is 19.0 Å². The molecule has 1 heterocycles. The van der Waals surface area contributed by atoms with E-state index < -0.39 is 0 Å². The average molecular weight is 406 g/mol. The fourth-order valence-corrected chi connectivity index (χ4v) is 2.77. The molecule has 1 fully saturated rings. The lowest BCUT2D eigenvalue weighted by Crippen LogP contribution is -2.20. The Morgan fingerprint density at radius 1 is 1.16 bits per heavy atom. The number of benzene rings is 2. The van der Waals surface area contributed by atoms with E-state index in [0.717, 1.165) is 23.9 Å². The van der Waals surface area contributed by atoms with Crippen molar-refractivity contribution in [3.05, 3.63) is 53.0 Å². The van der Waals surface area contributed by atoms with Crippen molar-refractivity contribution in [2.75, 3.05) is 25.1 Å². The molecule has 0 aromatic heterocycles. The summed E-state index contributed by atoms with van der Waals surface area (Å²) in [5.74, 6) is 1.13. The molecule has 0 saturated carbocycles. The third-order valence-electron chi connectivity index (χ3n) is 3.76. The Morgan fingerprint density at radius 2 is 2.00 bits per heavy atom. The normalized spacial score (nSPS) is 16.4. The van der Waals surface area contributed by atoms with Gasteiger partial charge in [0, 0.05) is 22.8 Å². The fraction of sp³-hybridized carbons (Fsp3) is 0.316. The van der Waals surface area contributed by atoms with Crippen molar-refractivity contribution in [3.63, 3.8) is 0 Å². The number of hydrogen-bond donors (Lipinski definition) is 1. The van der Waals surface area contributed by atoms with Gasteiger partial charge in [-0.1, -0.05) is 22.0 Å². The van der Waals surface area contributed by atoms with Gasteiger partial charge in [-0.25, -0.2) is 0 Å². The maximum Gasteiger partial charge on any atom is 0.262 e. The van der Waals surface area contributed by atoms with Gasteiger partial charge in [-0.3, -0.25) is 4.79 Å². The van der Waals surface area contributed by atoms with Crippen LogP contribution in [0.5, 0.6) is 11.5 Å². The topological polar surface area (TPSA) is 56.8 Å². The number of carbonyl (C=O) groups excluding carboxylic acids is 1. The summed E-state index contributed by atoms with van der Waals surface area (Å²) in [6.07, 6.45) is 2.28. The van der Waals surface area contributed by atoms with Crippen molar-refractivity contribution in [2.24, 2.45) is 0 Å². The van der Waals surface area contributed by atoms with E-state index in [4.69, 9.17) is 14.2 Å². The van der Waals surface area contributed by atoms with Gasteiger partial charge < -0.3 is 19.5 Å². The molecule has 2 aromatic rings. The molecule has 6 heteroatoms. The van der Waals surface area contributed by atoms with Crippen LogP contribution in [0.2, 0.25) is 0 Å². The van der Waals surface area contributed by atoms with Crippen LogP contribution in [0.3, 0.4) is 0 Å². The number of halogens is 1. The van der Waals surface area contributed by atoms with Crippen LogP contribution < -0.4 is 14.8 Å². The second-order valence-electron chi connectivity index (χ2n) is 5.76. The SMILES string of the molecule is O=C(COc1ccc(Br)cc1)Nc1cccc(OCC2CCCO2)c1. The van der Waals surface area contributed by atoms with Crippen LogP contribution in [0.25, 0.3) is 0 Å². The summed E-state index contributed by atoms with van der Waals surface area (Å²) in [5.41, 5.74) is 0.675. The highest BCUT2D eigenvalue weighted by atomic mass is 79.9. The van der Waals surface area contributed by atoms with E-state index in [9.17, 15) is 4.79 Å². The lowest BCUT2D eigenvalue weighted by molar-refractivity contribution is -0.118. The maximum absolute atomic E-state index is 12.0. The average Bonchev–Trinajstić information content (AvgIpc) is 3.13. The zero-order valence-corrected chi connectivity index (χ0v) is 15.3. The van der Waals surface area contributed by atoms with Gasteiger partial charge in [-0.2, -0.15) is 0 Å². The second-order valence-corrected chi connectivity index (χ2v) is 6.68. The number of hydrogen-bond acceptors (Lipinski definition) is 4. The highest BCUT2D eigenvalue weighted by Gasteiger charge is 2.16. The molecule has 1 aliphatic rings. The molecule has 132 valence electrons. The molecular weight excluding hydrogens is 386 g/mol.